The molecule has 1 unspecified atom stereocenters. The second-order valence-electron chi connectivity index (χ2n) is 1.59. The van der Waals surface area contributed by atoms with Crippen LogP contribution in [0.2, 0.25) is 5.94 Å². The fourth-order valence-corrected chi connectivity index (χ4v) is 3.21. The van der Waals surface area contributed by atoms with E-state index in [4.69, 9.17) is 45.8 Å². The van der Waals surface area contributed by atoms with Gasteiger partial charge in [-0.25, -0.2) is 4.08 Å². The van der Waals surface area contributed by atoms with E-state index in [1.807, 2.05) is 0 Å². The third-order valence-electron chi connectivity index (χ3n) is 0.759. The lowest BCUT2D eigenvalue weighted by molar-refractivity contribution is 0.864. The molecule has 0 fully saturated rings. The molecule has 1 atom stereocenters. The van der Waals surface area contributed by atoms with Crippen LogP contribution in [0.1, 0.15) is 0 Å². The van der Waals surface area contributed by atoms with Gasteiger partial charge in [-0.1, -0.05) is 0 Å². The molecule has 0 aliphatic carbocycles. The van der Waals surface area contributed by atoms with E-state index in [0.29, 0.717) is 5.94 Å². The standard InChI is InChI=1S/C2H6BCl4NSi/c1-8(6)9(7)2-3(4)5/h9H,2H2,1H3. The van der Waals surface area contributed by atoms with Gasteiger partial charge in [-0.2, -0.15) is 22.9 Å². The summed E-state index contributed by atoms with van der Waals surface area (Å²) in [5.74, 6) is 0.602. The van der Waals surface area contributed by atoms with Gasteiger partial charge in [-0.3, -0.25) is 0 Å². The first kappa shape index (κ1) is 10.4. The first-order valence-electron chi connectivity index (χ1n) is 2.35. The molecule has 0 radical (unpaired) electrons. The summed E-state index contributed by atoms with van der Waals surface area (Å²) >= 11 is 22.2. The normalized spacial score (nSPS) is 14.0. The highest BCUT2D eigenvalue weighted by molar-refractivity contribution is 7.37. The summed E-state index contributed by atoms with van der Waals surface area (Å²) in [6.45, 7) is 0. The van der Waals surface area contributed by atoms with Crippen molar-refractivity contribution >= 4 is 59.6 Å². The lowest BCUT2D eigenvalue weighted by atomic mass is 10.2. The zero-order valence-corrected chi connectivity index (χ0v) is 9.00. The van der Waals surface area contributed by atoms with E-state index < -0.39 is 8.27 Å². The topological polar surface area (TPSA) is 3.24 Å². The van der Waals surface area contributed by atoms with Gasteiger partial charge in [0.2, 0.25) is 8.27 Å². The number of rotatable bonds is 3. The fourth-order valence-electron chi connectivity index (χ4n) is 0.292. The Hall–Kier alpha value is 1.40. The Bertz CT molecular complexity index is 81.0. The highest BCUT2D eigenvalue weighted by Crippen LogP contribution is 2.12. The van der Waals surface area contributed by atoms with Gasteiger partial charge >= 0.3 is 5.54 Å². The number of hydrogen-bond acceptors (Lipinski definition) is 1. The summed E-state index contributed by atoms with van der Waals surface area (Å²) in [6.07, 6.45) is 0. The summed E-state index contributed by atoms with van der Waals surface area (Å²) in [6, 6.07) is 0. The maximum atomic E-state index is 5.77. The van der Waals surface area contributed by atoms with E-state index in [2.05, 4.69) is 0 Å². The maximum absolute atomic E-state index is 5.77. The van der Waals surface area contributed by atoms with Crippen LogP contribution in [0.4, 0.5) is 0 Å². The van der Waals surface area contributed by atoms with Gasteiger partial charge in [-0.15, -0.1) is 11.1 Å². The average molecular weight is 225 g/mol. The van der Waals surface area contributed by atoms with Crippen molar-refractivity contribution in [2.45, 2.75) is 5.94 Å². The first-order valence-corrected chi connectivity index (χ1v) is 6.64. The number of hydrogen-bond donors (Lipinski definition) is 0. The van der Waals surface area contributed by atoms with Gasteiger partial charge in [0.1, 0.15) is 0 Å². The van der Waals surface area contributed by atoms with Gasteiger partial charge in [0.05, 0.1) is 0 Å². The molecule has 54 valence electrons. The van der Waals surface area contributed by atoms with Crippen LogP contribution in [-0.4, -0.2) is 24.9 Å². The second-order valence-corrected chi connectivity index (χ2v) is 7.35. The van der Waals surface area contributed by atoms with Crippen LogP contribution < -0.4 is 0 Å². The number of nitrogens with zero attached hydrogens (tertiary/aromatic N) is 1. The molecule has 0 rings (SSSR count). The molecule has 1 nitrogen and oxygen atoms in total. The van der Waals surface area contributed by atoms with Crippen LogP contribution in [0.5, 0.6) is 0 Å². The fraction of sp³-hybridized carbons (Fsp3) is 1.00. The second kappa shape index (κ2) is 5.11. The van der Waals surface area contributed by atoms with Crippen LogP contribution in [0.15, 0.2) is 0 Å². The lowest BCUT2D eigenvalue weighted by Gasteiger charge is -2.10. The molecule has 0 saturated carbocycles. The van der Waals surface area contributed by atoms with Crippen LogP contribution >= 0.6 is 45.8 Å². The maximum Gasteiger partial charge on any atom is 0.351 e. The minimum absolute atomic E-state index is 0.389. The zero-order valence-electron chi connectivity index (χ0n) is 4.82. The molecule has 0 spiro atoms. The predicted octanol–water partition coefficient (Wildman–Crippen LogP) is 2.04. The molecule has 0 saturated heterocycles. The Kier molecular flexibility index (Phi) is 5.90. The number of halogens is 4. The summed E-state index contributed by atoms with van der Waals surface area (Å²) in [4.78, 5) is 0. The van der Waals surface area contributed by atoms with E-state index in [-0.39, 0.29) is 5.54 Å². The minimum Gasteiger partial charge on any atom is -0.233 e. The Morgan fingerprint density at radius 1 is 1.56 bits per heavy atom. The highest BCUT2D eigenvalue weighted by Gasteiger charge is 2.18. The third kappa shape index (κ3) is 5.83. The van der Waals surface area contributed by atoms with Crippen molar-refractivity contribution in [1.82, 2.24) is 4.08 Å². The van der Waals surface area contributed by atoms with Gasteiger partial charge in [-0.05, 0) is 24.8 Å². The van der Waals surface area contributed by atoms with Crippen LogP contribution in [0.25, 0.3) is 0 Å². The first-order chi connectivity index (χ1) is 4.04. The highest BCUT2D eigenvalue weighted by atomic mass is 35.6. The van der Waals surface area contributed by atoms with Crippen molar-refractivity contribution in [2.24, 2.45) is 0 Å². The SMILES string of the molecule is CN(Cl)[SiH](Cl)CB(Cl)Cl. The molecular weight excluding hydrogens is 219 g/mol. The molecular formula is C2H6BCl4NSi. The molecule has 0 heterocycles. The lowest BCUT2D eigenvalue weighted by Crippen LogP contribution is -2.25. The molecule has 0 aliphatic rings. The molecule has 0 bridgehead atoms. The predicted molar refractivity (Wildman–Crippen MR) is 48.9 cm³/mol. The molecule has 0 aromatic rings. The van der Waals surface area contributed by atoms with Crippen LogP contribution in [-0.2, 0) is 0 Å². The van der Waals surface area contributed by atoms with E-state index in [1.54, 1.807) is 7.05 Å². The molecule has 0 aromatic heterocycles. The van der Waals surface area contributed by atoms with Gasteiger partial charge < -0.3 is 0 Å². The summed E-state index contributed by atoms with van der Waals surface area (Å²) < 4.78 is 1.47. The Morgan fingerprint density at radius 3 is 2.11 bits per heavy atom. The van der Waals surface area contributed by atoms with Crippen LogP contribution in [0, 0.1) is 0 Å². The molecule has 0 aliphatic heterocycles. The Balaban J connectivity index is 3.38. The molecule has 9 heavy (non-hydrogen) atoms. The smallest absolute Gasteiger partial charge is 0.233 e. The third-order valence-corrected chi connectivity index (χ3v) is 5.76. The minimum atomic E-state index is -1.53. The molecule has 0 amide bonds. The Morgan fingerprint density at radius 2 is 2.00 bits per heavy atom. The van der Waals surface area contributed by atoms with Crippen molar-refractivity contribution < 1.29 is 0 Å². The van der Waals surface area contributed by atoms with E-state index in [1.165, 1.54) is 4.08 Å². The summed E-state index contributed by atoms with van der Waals surface area (Å²) in [7, 11) is 0.184. The summed E-state index contributed by atoms with van der Waals surface area (Å²) in [5.41, 5.74) is -0.389. The van der Waals surface area contributed by atoms with E-state index >= 15 is 0 Å². The van der Waals surface area contributed by atoms with Crippen LogP contribution in [0.3, 0.4) is 0 Å². The van der Waals surface area contributed by atoms with Gasteiger partial charge in [0.15, 0.2) is 0 Å². The Labute approximate surface area is 76.6 Å². The average Bonchev–Trinajstić information content (AvgIpc) is 1.63. The zero-order chi connectivity index (χ0) is 7.44. The van der Waals surface area contributed by atoms with Gasteiger partial charge in [0.25, 0.3) is 0 Å². The van der Waals surface area contributed by atoms with E-state index in [0.717, 1.165) is 0 Å². The van der Waals surface area contributed by atoms with Crippen molar-refractivity contribution in [3.05, 3.63) is 0 Å². The van der Waals surface area contributed by atoms with Crippen molar-refractivity contribution in [2.75, 3.05) is 7.05 Å². The van der Waals surface area contributed by atoms with Crippen molar-refractivity contribution in [3.8, 4) is 0 Å². The summed E-state index contributed by atoms with van der Waals surface area (Å²) in [5, 5.41) is 0. The quantitative estimate of drug-likeness (QED) is 0.403. The van der Waals surface area contributed by atoms with Crippen molar-refractivity contribution in [1.29, 1.82) is 0 Å². The molecule has 0 aromatic carbocycles. The van der Waals surface area contributed by atoms with Gasteiger partial charge in [0, 0.05) is 0 Å². The molecule has 0 N–H and O–H groups in total. The van der Waals surface area contributed by atoms with E-state index in [9.17, 15) is 0 Å². The monoisotopic (exact) mass is 223 g/mol. The van der Waals surface area contributed by atoms with Crippen molar-refractivity contribution in [3.63, 3.8) is 0 Å². The largest absolute Gasteiger partial charge is 0.351 e. The molecule has 7 heteroatoms.